The van der Waals surface area contributed by atoms with E-state index in [0.29, 0.717) is 0 Å². The quantitative estimate of drug-likeness (QED) is 0.0725. The Morgan fingerprint density at radius 2 is 1.02 bits per heavy atom. The molecule has 0 aromatic carbocycles. The normalized spacial score (nSPS) is 41.7. The average molecular weight is 808 g/mol. The van der Waals surface area contributed by atoms with Gasteiger partial charge in [0, 0.05) is 0 Å². The minimum absolute atomic E-state index is 0. The lowest BCUT2D eigenvalue weighted by Crippen LogP contribution is -2.69. The van der Waals surface area contributed by atoms with E-state index in [1.807, 2.05) is 0 Å². The second-order valence-corrected chi connectivity index (χ2v) is 11.1. The predicted octanol–water partition coefficient (Wildman–Crippen LogP) is -8.35. The van der Waals surface area contributed by atoms with Crippen molar-refractivity contribution in [1.82, 2.24) is 0 Å². The highest BCUT2D eigenvalue weighted by molar-refractivity contribution is 5.86. The van der Waals surface area contributed by atoms with Crippen LogP contribution < -0.4 is 22.9 Å². The van der Waals surface area contributed by atoms with Crippen LogP contribution in [0.4, 0.5) is 0 Å². The van der Waals surface area contributed by atoms with Gasteiger partial charge in [-0.2, -0.15) is 0 Å². The molecule has 0 aliphatic carbocycles. The lowest BCUT2D eigenvalue weighted by Gasteiger charge is -2.49. The summed E-state index contributed by atoms with van der Waals surface area (Å²) in [6.45, 7) is -3.23. The van der Waals surface area contributed by atoms with Crippen LogP contribution in [0.2, 0.25) is 0 Å². The van der Waals surface area contributed by atoms with Crippen LogP contribution in [0.3, 0.4) is 0 Å². The first-order chi connectivity index (χ1) is 21.2. The van der Waals surface area contributed by atoms with Gasteiger partial charge in [0.2, 0.25) is 0 Å². The van der Waals surface area contributed by atoms with Crippen molar-refractivity contribution >= 4 is 55.9 Å². The molecule has 25 heteroatoms. The van der Waals surface area contributed by atoms with Gasteiger partial charge < -0.3 is 107 Å². The van der Waals surface area contributed by atoms with Gasteiger partial charge in [0.15, 0.2) is 18.9 Å². The fourth-order valence-electron chi connectivity index (χ4n) is 5.25. The summed E-state index contributed by atoms with van der Waals surface area (Å²) in [6, 6.07) is -5.85. The Hall–Kier alpha value is 0.0300. The minimum atomic E-state index is -1.84. The van der Waals surface area contributed by atoms with Gasteiger partial charge >= 0.3 is 0 Å². The minimum Gasteiger partial charge on any atom is -0.394 e. The number of halogens is 4. The van der Waals surface area contributed by atoms with Crippen molar-refractivity contribution in [3.8, 4) is 0 Å². The van der Waals surface area contributed by atoms with Crippen molar-refractivity contribution in [2.75, 3.05) is 26.4 Å². The fourth-order valence-corrected chi connectivity index (χ4v) is 5.25. The number of aldehydes is 1. The van der Waals surface area contributed by atoms with Crippen molar-refractivity contribution in [2.24, 2.45) is 22.9 Å². The van der Waals surface area contributed by atoms with Crippen molar-refractivity contribution in [3.05, 3.63) is 0 Å². The number of ether oxygens (including phenoxy) is 6. The van der Waals surface area contributed by atoms with Gasteiger partial charge in [-0.05, 0) is 0 Å². The van der Waals surface area contributed by atoms with Crippen LogP contribution in [-0.2, 0) is 33.2 Å². The molecule has 0 bridgehead atoms. The van der Waals surface area contributed by atoms with E-state index < -0.39 is 143 Å². The van der Waals surface area contributed by atoms with Gasteiger partial charge in [-0.1, -0.05) is 0 Å². The monoisotopic (exact) mass is 806 g/mol. The molecule has 0 saturated carbocycles. The van der Waals surface area contributed by atoms with E-state index in [2.05, 4.69) is 0 Å². The number of nitrogens with two attached hydrogens (primary N) is 4. The lowest BCUT2D eigenvalue weighted by atomic mass is 9.94. The second kappa shape index (κ2) is 23.0. The zero-order valence-corrected chi connectivity index (χ0v) is 28.9. The number of carbonyl (C=O) groups excluding carboxylic acids is 1. The standard InChI is InChI=1S/C24H46N4O17.4ClH/c25-6(1-29)14(35)19(7(34)2-30)43-23-12(27)17(38)21(9(4-32)41-23)45-24-13(28)18(39)20(10(5-33)42-24)44-22-11(26)16(37)15(36)8(3-31)40-22;;;;/h1,6-24,30-39H,2-5,25-28H2;4*1H/t6-,7+,8+,9+,10+,11+,12+,13+,14+,15+,16+,17+,18+,19+,20+,21+,22-,23-,24-;;;;/m0..../s1. The van der Waals surface area contributed by atoms with Gasteiger partial charge in [-0.25, -0.2) is 0 Å². The van der Waals surface area contributed by atoms with E-state index in [-0.39, 0.29) is 55.9 Å². The highest BCUT2D eigenvalue weighted by Gasteiger charge is 2.53. The molecule has 0 amide bonds. The van der Waals surface area contributed by atoms with E-state index >= 15 is 0 Å². The van der Waals surface area contributed by atoms with Crippen LogP contribution in [-0.4, -0.2) is 200 Å². The molecule has 0 aromatic heterocycles. The zero-order valence-electron chi connectivity index (χ0n) is 25.6. The summed E-state index contributed by atoms with van der Waals surface area (Å²) < 4.78 is 33.7. The summed E-state index contributed by atoms with van der Waals surface area (Å²) >= 11 is 0. The molecule has 21 nitrogen and oxygen atoms in total. The number of hydrogen-bond acceptors (Lipinski definition) is 21. The zero-order chi connectivity index (χ0) is 33.7. The van der Waals surface area contributed by atoms with Gasteiger partial charge in [0.1, 0.15) is 79.5 Å². The first-order valence-electron chi connectivity index (χ1n) is 14.2. The van der Waals surface area contributed by atoms with Crippen molar-refractivity contribution in [1.29, 1.82) is 0 Å². The Kier molecular flexibility index (Phi) is 24.0. The summed E-state index contributed by atoms with van der Waals surface area (Å²) in [5, 5.41) is 101. The SMILES string of the molecule is Cl.Cl.Cl.Cl.N[C@H]1[C@H](O[C@H]2[C@H](O)[C@@H](N)[C@H](O[C@H]3[C@H](O)[C@@H](N)[C@H](O[C@@H]([C@H](O)[C@@H](N)C=O)[C@H](O)CO)O[C@@H]3CO)O[C@@H]2CO)O[C@H](CO)[C@@H](O)[C@@H]1O. The number of aliphatic hydroxyl groups excluding tert-OH is 10. The Labute approximate surface area is 305 Å². The number of hydrogen-bond donors (Lipinski definition) is 14. The molecule has 0 unspecified atom stereocenters. The summed E-state index contributed by atoms with van der Waals surface area (Å²) in [7, 11) is 0. The highest BCUT2D eigenvalue weighted by atomic mass is 35.5. The summed E-state index contributed by atoms with van der Waals surface area (Å²) in [6.07, 6.45) is -23.4. The van der Waals surface area contributed by atoms with Crippen molar-refractivity contribution in [3.63, 3.8) is 0 Å². The highest BCUT2D eigenvalue weighted by Crippen LogP contribution is 2.32. The molecular formula is C24H50Cl4N4O17. The van der Waals surface area contributed by atoms with E-state index in [4.69, 9.17) is 51.4 Å². The molecule has 19 atom stereocenters. The molecule has 0 radical (unpaired) electrons. The molecule has 49 heavy (non-hydrogen) atoms. The lowest BCUT2D eigenvalue weighted by molar-refractivity contribution is -0.353. The smallest absolute Gasteiger partial charge is 0.176 e. The summed E-state index contributed by atoms with van der Waals surface area (Å²) in [4.78, 5) is 11.0. The first-order valence-corrected chi connectivity index (χ1v) is 14.2. The van der Waals surface area contributed by atoms with E-state index in [9.17, 15) is 55.9 Å². The molecule has 3 saturated heterocycles. The predicted molar refractivity (Wildman–Crippen MR) is 172 cm³/mol. The number of aliphatic hydroxyl groups is 10. The molecule has 296 valence electrons. The largest absolute Gasteiger partial charge is 0.394 e. The van der Waals surface area contributed by atoms with Gasteiger partial charge in [-0.3, -0.25) is 0 Å². The van der Waals surface area contributed by atoms with E-state index in [1.165, 1.54) is 0 Å². The molecule has 3 fully saturated rings. The van der Waals surface area contributed by atoms with Crippen LogP contribution in [0.15, 0.2) is 0 Å². The van der Waals surface area contributed by atoms with Crippen LogP contribution in [0.1, 0.15) is 0 Å². The molecule has 3 rings (SSSR count). The van der Waals surface area contributed by atoms with Crippen LogP contribution in [0, 0.1) is 0 Å². The topological polar surface area (TPSA) is 379 Å². The Balaban J connectivity index is 0. The van der Waals surface area contributed by atoms with Crippen molar-refractivity contribution < 1.29 is 84.3 Å². The van der Waals surface area contributed by atoms with Gasteiger partial charge in [0.05, 0.1) is 50.6 Å². The van der Waals surface area contributed by atoms with Crippen molar-refractivity contribution in [2.45, 2.75) is 116 Å². The summed E-state index contributed by atoms with van der Waals surface area (Å²) in [5.41, 5.74) is 23.6. The molecular weight excluding hydrogens is 758 g/mol. The van der Waals surface area contributed by atoms with Crippen LogP contribution in [0.5, 0.6) is 0 Å². The fraction of sp³-hybridized carbons (Fsp3) is 0.958. The van der Waals surface area contributed by atoms with Crippen LogP contribution >= 0.6 is 49.6 Å². The first kappa shape index (κ1) is 51.1. The molecule has 0 spiro atoms. The Morgan fingerprint density at radius 3 is 1.43 bits per heavy atom. The average Bonchev–Trinajstić information content (AvgIpc) is 3.04. The van der Waals surface area contributed by atoms with E-state index in [1.54, 1.807) is 0 Å². The molecule has 3 heterocycles. The third kappa shape index (κ3) is 11.5. The molecule has 0 aromatic rings. The summed E-state index contributed by atoms with van der Waals surface area (Å²) in [5.74, 6) is 0. The van der Waals surface area contributed by atoms with Gasteiger partial charge in [0.25, 0.3) is 0 Å². The van der Waals surface area contributed by atoms with E-state index in [0.717, 1.165) is 0 Å². The maximum absolute atomic E-state index is 11.0. The Bertz CT molecular complexity index is 930. The number of rotatable bonds is 14. The molecule has 18 N–H and O–H groups in total. The molecule has 3 aliphatic heterocycles. The van der Waals surface area contributed by atoms with Gasteiger partial charge in [-0.15, -0.1) is 49.6 Å². The molecule has 3 aliphatic rings. The van der Waals surface area contributed by atoms with Crippen LogP contribution in [0.25, 0.3) is 0 Å². The third-order valence-electron chi connectivity index (χ3n) is 8.06. The second-order valence-electron chi connectivity index (χ2n) is 11.1. The third-order valence-corrected chi connectivity index (χ3v) is 8.06. The Morgan fingerprint density at radius 1 is 0.633 bits per heavy atom. The maximum atomic E-state index is 11.0. The number of carbonyl (C=O) groups is 1. The maximum Gasteiger partial charge on any atom is 0.176 e.